The lowest BCUT2D eigenvalue weighted by Gasteiger charge is -2.26. The molecule has 0 bridgehead atoms. The fourth-order valence-corrected chi connectivity index (χ4v) is 5.11. The molecule has 0 unspecified atom stereocenters. The Balaban J connectivity index is 0.00000192. The summed E-state index contributed by atoms with van der Waals surface area (Å²) in [5.74, 6) is 1.84. The number of fused-ring (bicyclic) bond motifs is 1. The third kappa shape index (κ3) is 3.36. The molecule has 0 spiro atoms. The maximum atomic E-state index is 12.1. The molecule has 1 aromatic carbocycles. The van der Waals surface area contributed by atoms with E-state index in [0.717, 1.165) is 12.3 Å². The number of methoxy groups -OCH3 is 1. The summed E-state index contributed by atoms with van der Waals surface area (Å²) in [7, 11) is 0.716. The van der Waals surface area contributed by atoms with Crippen molar-refractivity contribution >= 4 is 22.4 Å². The number of likely N-dealkylation sites (tertiary alicyclic amines) is 1. The van der Waals surface area contributed by atoms with Gasteiger partial charge in [-0.2, -0.15) is 0 Å². The Hall–Kier alpha value is -0.820. The van der Waals surface area contributed by atoms with E-state index in [1.54, 1.807) is 18.3 Å². The molecule has 2 saturated heterocycles. The van der Waals surface area contributed by atoms with Gasteiger partial charge >= 0.3 is 0 Å². The number of rotatable bonds is 4. The molecule has 3 atom stereocenters. The highest BCUT2D eigenvalue weighted by molar-refractivity contribution is 7.89. The van der Waals surface area contributed by atoms with Gasteiger partial charge in [0.1, 0.15) is 5.75 Å². The predicted molar refractivity (Wildman–Crippen MR) is 93.6 cm³/mol. The Morgan fingerprint density at radius 3 is 2.39 bits per heavy atom. The lowest BCUT2D eigenvalue weighted by Crippen LogP contribution is -2.34. The molecule has 130 valence electrons. The van der Waals surface area contributed by atoms with Gasteiger partial charge < -0.3 is 4.74 Å². The zero-order valence-electron chi connectivity index (χ0n) is 13.8. The molecular weight excluding hydrogens is 336 g/mol. The fraction of sp³-hybridized carbons (Fsp3) is 0.625. The lowest BCUT2D eigenvalue weighted by molar-refractivity contribution is 0.261. The highest BCUT2D eigenvalue weighted by Crippen LogP contribution is 2.44. The largest absolute Gasteiger partial charge is 0.497 e. The lowest BCUT2D eigenvalue weighted by atomic mass is 9.89. The van der Waals surface area contributed by atoms with E-state index in [1.807, 2.05) is 12.1 Å². The average Bonchev–Trinajstić information content (AvgIpc) is 3.04. The Morgan fingerprint density at radius 1 is 1.17 bits per heavy atom. The Morgan fingerprint density at radius 2 is 1.83 bits per heavy atom. The van der Waals surface area contributed by atoms with E-state index in [2.05, 4.69) is 24.1 Å². The van der Waals surface area contributed by atoms with Crippen LogP contribution in [0.4, 0.5) is 0 Å². The summed E-state index contributed by atoms with van der Waals surface area (Å²) in [4.78, 5) is 2.35. The van der Waals surface area contributed by atoms with Gasteiger partial charge in [0, 0.05) is 25.7 Å². The molecule has 0 aliphatic carbocycles. The van der Waals surface area contributed by atoms with Crippen LogP contribution in [-0.4, -0.2) is 57.2 Å². The first-order chi connectivity index (χ1) is 10.5. The van der Waals surface area contributed by atoms with E-state index < -0.39 is 10.0 Å². The standard InChI is InChI=1S/C16H24N2O3S.ClH/c1-4-22(19,20)18-10-13-9-17(2)16(15(13)11-18)12-5-7-14(21-3)8-6-12;/h5-8,13,15-16H,4,9-11H2,1-3H3;1H/t13-,15+,16-;/m0./s1. The minimum absolute atomic E-state index is 0. The van der Waals surface area contributed by atoms with Gasteiger partial charge in [-0.3, -0.25) is 4.90 Å². The van der Waals surface area contributed by atoms with Crippen LogP contribution in [0.25, 0.3) is 0 Å². The van der Waals surface area contributed by atoms with Gasteiger partial charge in [-0.15, -0.1) is 12.4 Å². The first-order valence-corrected chi connectivity index (χ1v) is 9.39. The van der Waals surface area contributed by atoms with E-state index in [9.17, 15) is 8.42 Å². The SMILES string of the molecule is CCS(=O)(=O)N1C[C@@H]2CN(C)[C@@H](c3ccc(OC)cc3)[C@@H]2C1.Cl. The molecule has 2 heterocycles. The van der Waals surface area contributed by atoms with Gasteiger partial charge in [-0.1, -0.05) is 12.1 Å². The summed E-state index contributed by atoms with van der Waals surface area (Å²) in [6.07, 6.45) is 0. The topological polar surface area (TPSA) is 49.9 Å². The highest BCUT2D eigenvalue weighted by atomic mass is 35.5. The number of nitrogens with zero attached hydrogens (tertiary/aromatic N) is 2. The number of benzene rings is 1. The molecule has 0 amide bonds. The fourth-order valence-electron chi connectivity index (χ4n) is 3.93. The second-order valence-corrected chi connectivity index (χ2v) is 8.56. The number of halogens is 1. The molecule has 5 nitrogen and oxygen atoms in total. The monoisotopic (exact) mass is 360 g/mol. The van der Waals surface area contributed by atoms with Crippen molar-refractivity contribution in [3.63, 3.8) is 0 Å². The van der Waals surface area contributed by atoms with Crippen LogP contribution in [0, 0.1) is 11.8 Å². The van der Waals surface area contributed by atoms with Gasteiger partial charge in [0.15, 0.2) is 0 Å². The first kappa shape index (κ1) is 18.5. The zero-order chi connectivity index (χ0) is 15.9. The average molecular weight is 361 g/mol. The molecule has 2 aliphatic rings. The minimum atomic E-state index is -3.08. The molecule has 23 heavy (non-hydrogen) atoms. The molecule has 0 radical (unpaired) electrons. The summed E-state index contributed by atoms with van der Waals surface area (Å²) in [6, 6.07) is 8.43. The highest BCUT2D eigenvalue weighted by Gasteiger charge is 2.48. The van der Waals surface area contributed by atoms with Gasteiger partial charge in [-0.25, -0.2) is 12.7 Å². The van der Waals surface area contributed by atoms with E-state index in [4.69, 9.17) is 4.74 Å². The van der Waals surface area contributed by atoms with Crippen LogP contribution in [0.1, 0.15) is 18.5 Å². The van der Waals surface area contributed by atoms with Crippen LogP contribution < -0.4 is 4.74 Å². The Labute approximate surface area is 145 Å². The van der Waals surface area contributed by atoms with Gasteiger partial charge in [0.25, 0.3) is 0 Å². The van der Waals surface area contributed by atoms with Crippen molar-refractivity contribution in [3.05, 3.63) is 29.8 Å². The molecule has 0 saturated carbocycles. The van der Waals surface area contributed by atoms with Crippen LogP contribution in [0.3, 0.4) is 0 Å². The molecule has 1 aromatic rings. The van der Waals surface area contributed by atoms with Crippen LogP contribution in [-0.2, 0) is 10.0 Å². The van der Waals surface area contributed by atoms with Crippen molar-refractivity contribution < 1.29 is 13.2 Å². The normalized spacial score (nSPS) is 28.4. The molecule has 7 heteroatoms. The van der Waals surface area contributed by atoms with E-state index in [1.165, 1.54) is 5.56 Å². The van der Waals surface area contributed by atoms with Crippen molar-refractivity contribution in [2.45, 2.75) is 13.0 Å². The van der Waals surface area contributed by atoms with Gasteiger partial charge in [0.2, 0.25) is 10.0 Å². The number of ether oxygens (including phenoxy) is 1. The molecule has 0 aromatic heterocycles. The summed E-state index contributed by atoms with van der Waals surface area (Å²) in [6.45, 7) is 3.98. The van der Waals surface area contributed by atoms with Crippen molar-refractivity contribution in [1.29, 1.82) is 0 Å². The molecule has 2 aliphatic heterocycles. The minimum Gasteiger partial charge on any atom is -0.497 e. The smallest absolute Gasteiger partial charge is 0.213 e. The van der Waals surface area contributed by atoms with E-state index in [0.29, 0.717) is 24.9 Å². The van der Waals surface area contributed by atoms with E-state index >= 15 is 0 Å². The molecule has 3 rings (SSSR count). The van der Waals surface area contributed by atoms with Crippen molar-refractivity contribution in [1.82, 2.24) is 9.21 Å². The second kappa shape index (κ2) is 6.97. The van der Waals surface area contributed by atoms with Crippen LogP contribution in [0.2, 0.25) is 0 Å². The number of sulfonamides is 1. The van der Waals surface area contributed by atoms with E-state index in [-0.39, 0.29) is 24.2 Å². The van der Waals surface area contributed by atoms with Crippen molar-refractivity contribution in [2.24, 2.45) is 11.8 Å². The third-order valence-electron chi connectivity index (χ3n) is 5.08. The van der Waals surface area contributed by atoms with Gasteiger partial charge in [0.05, 0.1) is 12.9 Å². The summed E-state index contributed by atoms with van der Waals surface area (Å²) in [5, 5.41) is 0. The first-order valence-electron chi connectivity index (χ1n) is 7.78. The molecule has 2 fully saturated rings. The Kier molecular flexibility index (Phi) is 5.61. The molecular formula is C16H25ClN2O3S. The summed E-state index contributed by atoms with van der Waals surface area (Å²) >= 11 is 0. The predicted octanol–water partition coefficient (Wildman–Crippen LogP) is 2.00. The van der Waals surface area contributed by atoms with Gasteiger partial charge in [-0.05, 0) is 43.5 Å². The maximum Gasteiger partial charge on any atom is 0.213 e. The third-order valence-corrected chi connectivity index (χ3v) is 6.89. The van der Waals surface area contributed by atoms with Crippen molar-refractivity contribution in [2.75, 3.05) is 39.5 Å². The quantitative estimate of drug-likeness (QED) is 0.824. The second-order valence-electron chi connectivity index (χ2n) is 6.30. The summed E-state index contributed by atoms with van der Waals surface area (Å²) in [5.41, 5.74) is 1.24. The van der Waals surface area contributed by atoms with Crippen molar-refractivity contribution in [3.8, 4) is 5.75 Å². The number of hydrogen-bond donors (Lipinski definition) is 0. The molecule has 0 N–H and O–H groups in total. The van der Waals surface area contributed by atoms with Crippen LogP contribution in [0.5, 0.6) is 5.75 Å². The maximum absolute atomic E-state index is 12.1. The summed E-state index contributed by atoms with van der Waals surface area (Å²) < 4.78 is 31.2. The number of hydrogen-bond acceptors (Lipinski definition) is 4. The van der Waals surface area contributed by atoms with Crippen LogP contribution >= 0.6 is 12.4 Å². The van der Waals surface area contributed by atoms with Crippen LogP contribution in [0.15, 0.2) is 24.3 Å². The Bertz CT molecular complexity index is 635. The zero-order valence-corrected chi connectivity index (χ0v) is 15.4.